The van der Waals surface area contributed by atoms with Crippen molar-refractivity contribution in [3.8, 4) is 11.5 Å². The Kier molecular flexibility index (Phi) is 8.84. The summed E-state index contributed by atoms with van der Waals surface area (Å²) in [7, 11) is -3.93. The molecular weight excluding hydrogens is 467 g/mol. The first-order valence-electron chi connectivity index (χ1n) is 8.31. The van der Waals surface area contributed by atoms with E-state index in [-0.39, 0.29) is 50.4 Å². The van der Waals surface area contributed by atoms with Crippen molar-refractivity contribution in [1.29, 1.82) is 0 Å². The Morgan fingerprint density at radius 3 is 1.69 bits per heavy atom. The van der Waals surface area contributed by atoms with Crippen molar-refractivity contribution in [2.75, 3.05) is 25.7 Å². The second kappa shape index (κ2) is 10.7. The molecule has 0 aliphatic heterocycles. The average Bonchev–Trinajstić information content (AvgIpc) is 2.71. The van der Waals surface area contributed by atoms with Gasteiger partial charge in [-0.15, -0.1) is 11.6 Å². The zero-order valence-electron chi connectivity index (χ0n) is 15.0. The van der Waals surface area contributed by atoms with E-state index < -0.39 is 28.7 Å². The van der Waals surface area contributed by atoms with Gasteiger partial charge in [0.05, 0.1) is 32.3 Å². The van der Waals surface area contributed by atoms with Crippen LogP contribution < -0.4 is 9.47 Å². The lowest BCUT2D eigenvalue weighted by Gasteiger charge is -2.13. The molecule has 0 aromatic heterocycles. The van der Waals surface area contributed by atoms with Crippen molar-refractivity contribution in [2.24, 2.45) is 0 Å². The molecule has 0 bridgehead atoms. The number of halogens is 3. The van der Waals surface area contributed by atoms with E-state index in [0.29, 0.717) is 0 Å². The van der Waals surface area contributed by atoms with Gasteiger partial charge in [-0.1, -0.05) is 23.2 Å². The molecule has 160 valence electrons. The number of aliphatic hydroxyl groups excluding tert-OH is 3. The standard InChI is InChI=1S/C18H19Cl3O7S/c19-7-11(23)9-27-17-3-1-13(5-15(17)20)29(25,26)14-2-4-18(16(21)6-14)28-10-12(24)8-22/h1-6,11-12,22-24H,7-10H2/t11-,12-/m1/s1. The van der Waals surface area contributed by atoms with Gasteiger partial charge in [-0.25, -0.2) is 8.42 Å². The van der Waals surface area contributed by atoms with Crippen LogP contribution in [-0.4, -0.2) is 61.6 Å². The fourth-order valence-electron chi connectivity index (χ4n) is 2.14. The molecule has 7 nitrogen and oxygen atoms in total. The van der Waals surface area contributed by atoms with Crippen LogP contribution in [0.1, 0.15) is 0 Å². The lowest BCUT2D eigenvalue weighted by Crippen LogP contribution is -2.21. The Bertz CT molecular complexity index is 868. The Morgan fingerprint density at radius 1 is 0.862 bits per heavy atom. The van der Waals surface area contributed by atoms with E-state index in [1.807, 2.05) is 0 Å². The number of hydrogen-bond donors (Lipinski definition) is 3. The maximum absolute atomic E-state index is 12.9. The zero-order chi connectivity index (χ0) is 21.6. The summed E-state index contributed by atoms with van der Waals surface area (Å²) in [6.07, 6.45) is -1.96. The van der Waals surface area contributed by atoms with E-state index in [4.69, 9.17) is 49.4 Å². The average molecular weight is 486 g/mol. The SMILES string of the molecule is O=S(=O)(c1ccc(OC[C@H](O)CO)c(Cl)c1)c1ccc(OC[C@H](O)CCl)c(Cl)c1. The Balaban J connectivity index is 2.21. The molecule has 2 aromatic rings. The summed E-state index contributed by atoms with van der Waals surface area (Å²) in [5.41, 5.74) is 0. The summed E-state index contributed by atoms with van der Waals surface area (Å²) in [6, 6.07) is 7.80. The number of rotatable bonds is 10. The fourth-order valence-corrected chi connectivity index (χ4v) is 4.14. The van der Waals surface area contributed by atoms with Crippen molar-refractivity contribution in [3.63, 3.8) is 0 Å². The highest BCUT2D eigenvalue weighted by molar-refractivity contribution is 7.91. The largest absolute Gasteiger partial charge is 0.489 e. The maximum Gasteiger partial charge on any atom is 0.206 e. The van der Waals surface area contributed by atoms with E-state index in [9.17, 15) is 18.6 Å². The van der Waals surface area contributed by atoms with Crippen LogP contribution in [0.25, 0.3) is 0 Å². The molecule has 2 atom stereocenters. The molecule has 0 saturated heterocycles. The minimum absolute atomic E-state index is 0.0104. The van der Waals surface area contributed by atoms with Gasteiger partial charge in [-0.2, -0.15) is 0 Å². The summed E-state index contributed by atoms with van der Waals surface area (Å²) in [6.45, 7) is -0.759. The Labute approximate surface area is 183 Å². The van der Waals surface area contributed by atoms with Crippen molar-refractivity contribution in [2.45, 2.75) is 22.0 Å². The summed E-state index contributed by atoms with van der Waals surface area (Å²) in [5, 5.41) is 27.6. The highest BCUT2D eigenvalue weighted by atomic mass is 35.5. The lowest BCUT2D eigenvalue weighted by atomic mass is 10.3. The number of hydrogen-bond acceptors (Lipinski definition) is 7. The molecule has 29 heavy (non-hydrogen) atoms. The molecule has 0 amide bonds. The van der Waals surface area contributed by atoms with Crippen molar-refractivity contribution >= 4 is 44.6 Å². The van der Waals surface area contributed by atoms with Crippen LogP contribution in [0.5, 0.6) is 11.5 Å². The normalized spacial score (nSPS) is 13.7. The van der Waals surface area contributed by atoms with Crippen molar-refractivity contribution in [3.05, 3.63) is 46.4 Å². The van der Waals surface area contributed by atoms with Crippen LogP contribution in [0.4, 0.5) is 0 Å². The summed E-state index contributed by atoms with van der Waals surface area (Å²) in [4.78, 5) is -0.159. The molecule has 0 spiro atoms. The molecule has 0 saturated carbocycles. The minimum Gasteiger partial charge on any atom is -0.489 e. The van der Waals surface area contributed by atoms with E-state index in [1.54, 1.807) is 0 Å². The van der Waals surface area contributed by atoms with Gasteiger partial charge in [-0.3, -0.25) is 0 Å². The first-order chi connectivity index (χ1) is 13.7. The number of benzene rings is 2. The monoisotopic (exact) mass is 484 g/mol. The zero-order valence-corrected chi connectivity index (χ0v) is 18.0. The Hall–Kier alpha value is -1.26. The summed E-state index contributed by atoms with van der Waals surface area (Å²) in [5.74, 6) is 0.362. The molecule has 0 aliphatic rings. The smallest absolute Gasteiger partial charge is 0.206 e. The first-order valence-corrected chi connectivity index (χ1v) is 11.1. The van der Waals surface area contributed by atoms with Crippen LogP contribution in [0.3, 0.4) is 0 Å². The van der Waals surface area contributed by atoms with Gasteiger partial charge in [0, 0.05) is 0 Å². The van der Waals surface area contributed by atoms with Crippen molar-refractivity contribution < 1.29 is 33.2 Å². The van der Waals surface area contributed by atoms with Gasteiger partial charge < -0.3 is 24.8 Å². The first kappa shape index (κ1) is 24.0. The lowest BCUT2D eigenvalue weighted by molar-refractivity contribution is 0.0536. The quantitative estimate of drug-likeness (QED) is 0.443. The molecule has 0 heterocycles. The summed E-state index contributed by atoms with van der Waals surface area (Å²) < 4.78 is 36.3. The molecule has 11 heteroatoms. The van der Waals surface area contributed by atoms with Crippen LogP contribution >= 0.6 is 34.8 Å². The highest BCUT2D eigenvalue weighted by Crippen LogP contribution is 2.33. The summed E-state index contributed by atoms with van der Waals surface area (Å²) >= 11 is 17.7. The number of alkyl halides is 1. The molecular formula is C18H19Cl3O7S. The number of sulfone groups is 1. The van der Waals surface area contributed by atoms with Crippen LogP contribution in [0.2, 0.25) is 10.0 Å². The fraction of sp³-hybridized carbons (Fsp3) is 0.333. The maximum atomic E-state index is 12.9. The molecule has 2 rings (SSSR count). The number of ether oxygens (including phenoxy) is 2. The Morgan fingerprint density at radius 2 is 1.31 bits per heavy atom. The van der Waals surface area contributed by atoms with Crippen molar-refractivity contribution in [1.82, 2.24) is 0 Å². The number of aliphatic hydroxyl groups is 3. The third-order valence-electron chi connectivity index (χ3n) is 3.68. The van der Waals surface area contributed by atoms with Gasteiger partial charge in [0.25, 0.3) is 0 Å². The van der Waals surface area contributed by atoms with E-state index in [2.05, 4.69) is 0 Å². The minimum atomic E-state index is -3.93. The topological polar surface area (TPSA) is 113 Å². The molecule has 2 aromatic carbocycles. The molecule has 3 N–H and O–H groups in total. The van der Waals surface area contributed by atoms with Gasteiger partial charge >= 0.3 is 0 Å². The van der Waals surface area contributed by atoms with Gasteiger partial charge in [0.1, 0.15) is 36.9 Å². The second-order valence-corrected chi connectivity index (χ2v) is 9.03. The van der Waals surface area contributed by atoms with Gasteiger partial charge in [0.2, 0.25) is 9.84 Å². The highest BCUT2D eigenvalue weighted by Gasteiger charge is 2.21. The third-order valence-corrected chi connectivity index (χ3v) is 6.37. The molecule has 0 radical (unpaired) electrons. The van der Waals surface area contributed by atoms with Gasteiger partial charge in [-0.05, 0) is 36.4 Å². The molecule has 0 fully saturated rings. The van der Waals surface area contributed by atoms with E-state index in [1.165, 1.54) is 36.4 Å². The van der Waals surface area contributed by atoms with Crippen LogP contribution in [0, 0.1) is 0 Å². The predicted octanol–water partition coefficient (Wildman–Crippen LogP) is 2.54. The third kappa shape index (κ3) is 6.36. The predicted molar refractivity (Wildman–Crippen MR) is 109 cm³/mol. The van der Waals surface area contributed by atoms with E-state index >= 15 is 0 Å². The molecule has 0 aliphatic carbocycles. The van der Waals surface area contributed by atoms with Crippen LogP contribution in [-0.2, 0) is 9.84 Å². The second-order valence-electron chi connectivity index (χ2n) is 5.95. The van der Waals surface area contributed by atoms with Crippen LogP contribution in [0.15, 0.2) is 46.2 Å². The van der Waals surface area contributed by atoms with E-state index in [0.717, 1.165) is 0 Å². The molecule has 0 unspecified atom stereocenters. The van der Waals surface area contributed by atoms with Gasteiger partial charge in [0.15, 0.2) is 0 Å².